The number of hydrogen-bond acceptors (Lipinski definition) is 2. The van der Waals surface area contributed by atoms with Crippen molar-refractivity contribution < 1.29 is 0 Å². The van der Waals surface area contributed by atoms with Gasteiger partial charge in [-0.2, -0.15) is 0 Å². The first-order chi connectivity index (χ1) is 9.47. The van der Waals surface area contributed by atoms with Gasteiger partial charge in [0.2, 0.25) is 0 Å². The number of nitrogens with zero attached hydrogens (tertiary/aromatic N) is 2. The SMILES string of the molecule is CCC[CH2][Sn]([CH2]CCC)[CH2]CCC.CN(C)[B]N(C)C. The van der Waals surface area contributed by atoms with Crippen molar-refractivity contribution in [1.29, 1.82) is 0 Å². The maximum absolute atomic E-state index is 2.33. The minimum Gasteiger partial charge on any atom is -0.337 e. The Hall–Kier alpha value is 0.784. The van der Waals surface area contributed by atoms with E-state index in [1.807, 2.05) is 45.4 Å². The van der Waals surface area contributed by atoms with Crippen molar-refractivity contribution in [3.8, 4) is 0 Å². The van der Waals surface area contributed by atoms with Gasteiger partial charge in [0.1, 0.15) is 0 Å². The quantitative estimate of drug-likeness (QED) is 0.480. The molecule has 0 unspecified atom stereocenters. The molecule has 4 heteroatoms. The molecule has 0 aliphatic heterocycles. The second kappa shape index (κ2) is 17.8. The van der Waals surface area contributed by atoms with Crippen LogP contribution in [0.3, 0.4) is 0 Å². The van der Waals surface area contributed by atoms with Gasteiger partial charge in [-0.05, 0) is 28.2 Å². The van der Waals surface area contributed by atoms with Gasteiger partial charge in [-0.15, -0.1) is 0 Å². The van der Waals surface area contributed by atoms with Crippen LogP contribution in [0.1, 0.15) is 59.3 Å². The Morgan fingerprint density at radius 2 is 0.950 bits per heavy atom. The maximum atomic E-state index is 2.33. The summed E-state index contributed by atoms with van der Waals surface area (Å²) in [5.41, 5.74) is 0. The van der Waals surface area contributed by atoms with Crippen LogP contribution in [0.2, 0.25) is 13.3 Å². The molecule has 0 aliphatic rings. The fourth-order valence-electron chi connectivity index (χ4n) is 2.12. The fourth-order valence-corrected chi connectivity index (χ4v) is 11.6. The molecule has 0 heterocycles. The van der Waals surface area contributed by atoms with E-state index in [0.717, 1.165) is 0 Å². The van der Waals surface area contributed by atoms with E-state index in [-0.39, 0.29) is 0 Å². The maximum Gasteiger partial charge on any atom is 0.312 e. The molecule has 0 aromatic rings. The number of hydrogen-bond donors (Lipinski definition) is 0. The van der Waals surface area contributed by atoms with E-state index in [1.165, 1.54) is 38.5 Å². The third-order valence-corrected chi connectivity index (χ3v) is 12.2. The first-order valence-corrected chi connectivity index (χ1v) is 14.5. The van der Waals surface area contributed by atoms with E-state index in [4.69, 9.17) is 0 Å². The van der Waals surface area contributed by atoms with Crippen molar-refractivity contribution >= 4 is 27.3 Å². The van der Waals surface area contributed by atoms with Crippen LogP contribution < -0.4 is 0 Å². The molecule has 0 saturated carbocycles. The molecule has 0 bridgehead atoms. The first kappa shape index (κ1) is 23.1. The molecule has 0 rings (SSSR count). The summed E-state index contributed by atoms with van der Waals surface area (Å²) >= 11 is -0.839. The summed E-state index contributed by atoms with van der Waals surface area (Å²) in [6, 6.07) is 0. The summed E-state index contributed by atoms with van der Waals surface area (Å²) in [7, 11) is 10.0. The minimum atomic E-state index is -0.839. The van der Waals surface area contributed by atoms with Crippen LogP contribution >= 0.6 is 0 Å². The standard InChI is InChI=1S/C4H12BN2.3C4H9.Sn/c1-6(2)5-7(3)4;3*1-3-4-2;/h1-4H3;3*1,3-4H2,2H3;. The van der Waals surface area contributed by atoms with Crippen LogP contribution in [0, 0.1) is 0 Å². The van der Waals surface area contributed by atoms with Crippen LogP contribution in [0.5, 0.6) is 0 Å². The van der Waals surface area contributed by atoms with Gasteiger partial charge in [-0.3, -0.25) is 0 Å². The molecule has 0 spiro atoms. The Morgan fingerprint density at radius 3 is 1.10 bits per heavy atom. The Kier molecular flexibility index (Phi) is 20.6. The van der Waals surface area contributed by atoms with E-state index in [2.05, 4.69) is 20.8 Å². The van der Waals surface area contributed by atoms with Crippen molar-refractivity contribution in [3.05, 3.63) is 0 Å². The van der Waals surface area contributed by atoms with Gasteiger partial charge in [-0.1, -0.05) is 0 Å². The average molecular weight is 389 g/mol. The Bertz CT molecular complexity index is 153. The largest absolute Gasteiger partial charge is 0.337 e. The van der Waals surface area contributed by atoms with Crippen LogP contribution in [-0.2, 0) is 0 Å². The second-order valence-electron chi connectivity index (χ2n) is 6.10. The van der Waals surface area contributed by atoms with Crippen LogP contribution in [-0.4, -0.2) is 65.1 Å². The van der Waals surface area contributed by atoms with Crippen molar-refractivity contribution in [1.82, 2.24) is 9.62 Å². The summed E-state index contributed by atoms with van der Waals surface area (Å²) in [5.74, 6) is 0. The molecular weight excluding hydrogens is 350 g/mol. The van der Waals surface area contributed by atoms with E-state index in [0.29, 0.717) is 0 Å². The summed E-state index contributed by atoms with van der Waals surface area (Å²) in [6.07, 6.45) is 8.85. The molecule has 0 fully saturated rings. The summed E-state index contributed by atoms with van der Waals surface area (Å²) in [4.78, 5) is 4.00. The molecule has 0 saturated heterocycles. The number of unbranched alkanes of at least 4 members (excludes halogenated alkanes) is 3. The smallest absolute Gasteiger partial charge is 0.312 e. The molecule has 2 nitrogen and oxygen atoms in total. The monoisotopic (exact) mass is 390 g/mol. The normalized spacial score (nSPS) is 10.9. The van der Waals surface area contributed by atoms with Crippen molar-refractivity contribution in [2.45, 2.75) is 72.6 Å². The van der Waals surface area contributed by atoms with E-state index < -0.39 is 19.8 Å². The molecule has 2 radical (unpaired) electrons. The average Bonchev–Trinajstić information content (AvgIpc) is 2.37. The second-order valence-corrected chi connectivity index (χ2v) is 14.7. The van der Waals surface area contributed by atoms with Gasteiger partial charge in [0.25, 0.3) is 0 Å². The Labute approximate surface area is 137 Å². The first-order valence-electron chi connectivity index (χ1n) is 8.49. The third kappa shape index (κ3) is 21.1. The molecule has 20 heavy (non-hydrogen) atoms. The fraction of sp³-hybridized carbons (Fsp3) is 1.00. The third-order valence-electron chi connectivity index (χ3n) is 3.11. The van der Waals surface area contributed by atoms with Crippen LogP contribution in [0.25, 0.3) is 0 Å². The topological polar surface area (TPSA) is 6.48 Å². The van der Waals surface area contributed by atoms with Crippen molar-refractivity contribution in [2.75, 3.05) is 28.2 Å². The molecule has 0 N–H and O–H groups in total. The molecule has 0 aromatic carbocycles. The zero-order valence-corrected chi connectivity index (χ0v) is 18.2. The van der Waals surface area contributed by atoms with Gasteiger partial charge < -0.3 is 9.62 Å². The van der Waals surface area contributed by atoms with Crippen LogP contribution in [0.15, 0.2) is 0 Å². The van der Waals surface area contributed by atoms with Gasteiger partial charge in [0, 0.05) is 0 Å². The molecule has 0 amide bonds. The molecule has 0 aromatic heterocycles. The molecular formula is C16H39BN2Sn. The van der Waals surface area contributed by atoms with Gasteiger partial charge >= 0.3 is 99.9 Å². The van der Waals surface area contributed by atoms with E-state index in [9.17, 15) is 0 Å². The zero-order valence-electron chi connectivity index (χ0n) is 15.3. The van der Waals surface area contributed by atoms with Gasteiger partial charge in [-0.25, -0.2) is 0 Å². The molecule has 120 valence electrons. The van der Waals surface area contributed by atoms with E-state index in [1.54, 1.807) is 13.3 Å². The van der Waals surface area contributed by atoms with Crippen molar-refractivity contribution in [3.63, 3.8) is 0 Å². The van der Waals surface area contributed by atoms with Gasteiger partial charge in [0.15, 0.2) is 0 Å². The van der Waals surface area contributed by atoms with Crippen LogP contribution in [0.4, 0.5) is 0 Å². The predicted molar refractivity (Wildman–Crippen MR) is 98.0 cm³/mol. The van der Waals surface area contributed by atoms with E-state index >= 15 is 0 Å². The molecule has 0 atom stereocenters. The minimum absolute atomic E-state index is 0.839. The Morgan fingerprint density at radius 1 is 0.650 bits per heavy atom. The Balaban J connectivity index is 0. The van der Waals surface area contributed by atoms with Gasteiger partial charge in [0.05, 0.1) is 0 Å². The summed E-state index contributed by atoms with van der Waals surface area (Å²) < 4.78 is 5.04. The van der Waals surface area contributed by atoms with Crippen molar-refractivity contribution in [2.24, 2.45) is 0 Å². The summed E-state index contributed by atoms with van der Waals surface area (Å²) in [5, 5.41) is 0. The number of rotatable bonds is 11. The predicted octanol–water partition coefficient (Wildman–Crippen LogP) is 4.53. The summed E-state index contributed by atoms with van der Waals surface area (Å²) in [6.45, 7) is 7.00. The molecule has 0 aliphatic carbocycles. The zero-order chi connectivity index (χ0) is 15.8.